The van der Waals surface area contributed by atoms with Crippen molar-refractivity contribution in [2.75, 3.05) is 4.90 Å². The molecule has 228 valence electrons. The van der Waals surface area contributed by atoms with E-state index < -0.39 is 0 Å². The van der Waals surface area contributed by atoms with Crippen molar-refractivity contribution >= 4 is 81.4 Å². The van der Waals surface area contributed by atoms with E-state index in [2.05, 4.69) is 138 Å². The summed E-state index contributed by atoms with van der Waals surface area (Å²) in [6, 6.07) is 53.8. The number of nitrogens with zero attached hydrogens (tertiary/aromatic N) is 3. The number of furan rings is 1. The van der Waals surface area contributed by atoms with Gasteiger partial charge in [0.25, 0.3) is 0 Å². The number of rotatable bonds is 3. The molecular formula is C44H25N3OS. The fraction of sp³-hybridized carbons (Fsp3) is 0. The first-order valence-electron chi connectivity index (χ1n) is 16.4. The molecule has 1 aliphatic heterocycles. The second-order valence-corrected chi connectivity index (χ2v) is 13.6. The molecular weight excluding hydrogens is 619 g/mol. The zero-order chi connectivity index (χ0) is 32.1. The van der Waals surface area contributed by atoms with Crippen molar-refractivity contribution in [3.63, 3.8) is 0 Å². The monoisotopic (exact) mass is 643 g/mol. The van der Waals surface area contributed by atoms with Crippen molar-refractivity contribution in [2.45, 2.75) is 0 Å². The highest BCUT2D eigenvalue weighted by atomic mass is 32.1. The first kappa shape index (κ1) is 26.7. The van der Waals surface area contributed by atoms with Crippen LogP contribution in [0, 0.1) is 0 Å². The molecule has 0 spiro atoms. The van der Waals surface area contributed by atoms with Crippen LogP contribution < -0.4 is 4.90 Å². The van der Waals surface area contributed by atoms with E-state index in [9.17, 15) is 0 Å². The van der Waals surface area contributed by atoms with Crippen LogP contribution in [0.5, 0.6) is 0 Å². The molecule has 0 radical (unpaired) electrons. The molecule has 11 rings (SSSR count). The Morgan fingerprint density at radius 1 is 0.531 bits per heavy atom. The molecule has 0 fully saturated rings. The average Bonchev–Trinajstić information content (AvgIpc) is 3.73. The Hall–Kier alpha value is -6.30. The maximum absolute atomic E-state index is 6.47. The summed E-state index contributed by atoms with van der Waals surface area (Å²) in [5, 5.41) is 5.98. The van der Waals surface area contributed by atoms with Gasteiger partial charge in [-0.05, 0) is 77.7 Å². The molecule has 10 aromatic rings. The minimum atomic E-state index is 0.669. The maximum atomic E-state index is 6.47. The van der Waals surface area contributed by atoms with Crippen molar-refractivity contribution < 1.29 is 4.42 Å². The summed E-state index contributed by atoms with van der Waals surface area (Å²) in [7, 11) is 0. The zero-order valence-corrected chi connectivity index (χ0v) is 26.9. The van der Waals surface area contributed by atoms with E-state index in [4.69, 9.17) is 14.4 Å². The molecule has 5 heteroatoms. The van der Waals surface area contributed by atoms with Crippen LogP contribution in [0.4, 0.5) is 17.1 Å². The smallest absolute Gasteiger partial charge is 0.180 e. The molecule has 3 aromatic heterocycles. The van der Waals surface area contributed by atoms with E-state index in [1.165, 1.54) is 53.4 Å². The number of fused-ring (bicyclic) bond motifs is 8. The summed E-state index contributed by atoms with van der Waals surface area (Å²) in [4.78, 5) is 12.7. The lowest BCUT2D eigenvalue weighted by atomic mass is 9.91. The predicted octanol–water partition coefficient (Wildman–Crippen LogP) is 12.7. The van der Waals surface area contributed by atoms with Gasteiger partial charge in [0.05, 0.1) is 11.4 Å². The molecule has 0 unspecified atom stereocenters. The Balaban J connectivity index is 1.09. The van der Waals surface area contributed by atoms with E-state index in [1.807, 2.05) is 29.5 Å². The molecule has 0 amide bonds. The zero-order valence-electron chi connectivity index (χ0n) is 26.1. The van der Waals surface area contributed by atoms with Crippen LogP contribution in [-0.2, 0) is 0 Å². The molecule has 0 aliphatic carbocycles. The SMILES string of the molecule is c1ccc2c(c1)-c1cccc3cccc(c13)N2c1ccc(-c2nc(-c3ccc4sc5ccccc5c4c3)c3oc4ccccc4c3n2)cc1. The van der Waals surface area contributed by atoms with Crippen LogP contribution in [0.2, 0.25) is 0 Å². The van der Waals surface area contributed by atoms with Crippen LogP contribution in [0.25, 0.3) is 86.8 Å². The van der Waals surface area contributed by atoms with Gasteiger partial charge in [-0.3, -0.25) is 0 Å². The van der Waals surface area contributed by atoms with E-state index in [-0.39, 0.29) is 0 Å². The topological polar surface area (TPSA) is 42.2 Å². The number of thiophene rings is 1. The Morgan fingerprint density at radius 3 is 2.16 bits per heavy atom. The first-order valence-corrected chi connectivity index (χ1v) is 17.2. The van der Waals surface area contributed by atoms with Gasteiger partial charge in [-0.15, -0.1) is 11.3 Å². The highest BCUT2D eigenvalue weighted by Crippen LogP contribution is 2.51. The van der Waals surface area contributed by atoms with Gasteiger partial charge in [0, 0.05) is 53.3 Å². The van der Waals surface area contributed by atoms with Crippen molar-refractivity contribution in [3.05, 3.63) is 152 Å². The van der Waals surface area contributed by atoms with Gasteiger partial charge in [0.15, 0.2) is 11.4 Å². The standard InChI is InChI=1S/C44H25N3OS/c1-4-15-35-30(11-1)32-14-7-9-26-10-8-16-36(40(26)32)47(35)29-22-19-27(20-23-29)44-45-41(43-42(46-44)33-13-2-5-17-37(33)48-43)28-21-24-39-34(25-28)31-12-3-6-18-38(31)49-39/h1-25H. The Bertz CT molecular complexity index is 2950. The number of aromatic nitrogens is 2. The van der Waals surface area contributed by atoms with Gasteiger partial charge < -0.3 is 9.32 Å². The van der Waals surface area contributed by atoms with Gasteiger partial charge in [-0.1, -0.05) is 84.9 Å². The van der Waals surface area contributed by atoms with Crippen LogP contribution >= 0.6 is 11.3 Å². The highest BCUT2D eigenvalue weighted by molar-refractivity contribution is 7.25. The minimum Gasteiger partial charge on any atom is -0.452 e. The van der Waals surface area contributed by atoms with E-state index in [0.29, 0.717) is 11.4 Å². The normalized spacial score (nSPS) is 12.4. The molecule has 49 heavy (non-hydrogen) atoms. The second-order valence-electron chi connectivity index (χ2n) is 12.6. The molecule has 0 saturated heterocycles. The summed E-state index contributed by atoms with van der Waals surface area (Å²) < 4.78 is 9.01. The van der Waals surface area contributed by atoms with Crippen LogP contribution in [0.3, 0.4) is 0 Å². The van der Waals surface area contributed by atoms with E-state index in [1.54, 1.807) is 0 Å². The molecule has 4 heterocycles. The predicted molar refractivity (Wildman–Crippen MR) is 204 cm³/mol. The number of anilines is 3. The van der Waals surface area contributed by atoms with Gasteiger partial charge >= 0.3 is 0 Å². The number of para-hydroxylation sites is 2. The largest absolute Gasteiger partial charge is 0.452 e. The van der Waals surface area contributed by atoms with Crippen LogP contribution in [-0.4, -0.2) is 9.97 Å². The summed E-state index contributed by atoms with van der Waals surface area (Å²) in [6.45, 7) is 0. The van der Waals surface area contributed by atoms with Crippen LogP contribution in [0.1, 0.15) is 0 Å². The summed E-state index contributed by atoms with van der Waals surface area (Å²) >= 11 is 1.82. The van der Waals surface area contributed by atoms with Gasteiger partial charge in [-0.2, -0.15) is 0 Å². The summed E-state index contributed by atoms with van der Waals surface area (Å²) in [5.41, 5.74) is 11.0. The third kappa shape index (κ3) is 3.91. The number of benzene rings is 7. The third-order valence-corrected chi connectivity index (χ3v) is 11.0. The van der Waals surface area contributed by atoms with E-state index in [0.717, 1.165) is 39.0 Å². The van der Waals surface area contributed by atoms with E-state index >= 15 is 0 Å². The quantitative estimate of drug-likeness (QED) is 0.192. The minimum absolute atomic E-state index is 0.669. The Labute approximate surface area is 285 Å². The van der Waals surface area contributed by atoms with Crippen molar-refractivity contribution in [1.82, 2.24) is 9.97 Å². The lowest BCUT2D eigenvalue weighted by Crippen LogP contribution is -2.14. The molecule has 0 atom stereocenters. The Kier molecular flexibility index (Phi) is 5.51. The Morgan fingerprint density at radius 2 is 1.24 bits per heavy atom. The lowest BCUT2D eigenvalue weighted by Gasteiger charge is -2.33. The lowest BCUT2D eigenvalue weighted by molar-refractivity contribution is 0.667. The fourth-order valence-electron chi connectivity index (χ4n) is 7.58. The summed E-state index contributed by atoms with van der Waals surface area (Å²) in [6.07, 6.45) is 0. The highest BCUT2D eigenvalue weighted by Gasteiger charge is 2.26. The van der Waals surface area contributed by atoms with Gasteiger partial charge in [0.2, 0.25) is 0 Å². The molecule has 4 nitrogen and oxygen atoms in total. The fourth-order valence-corrected chi connectivity index (χ4v) is 8.67. The van der Waals surface area contributed by atoms with Crippen molar-refractivity contribution in [2.24, 2.45) is 0 Å². The molecule has 7 aromatic carbocycles. The number of hydrogen-bond donors (Lipinski definition) is 0. The summed E-state index contributed by atoms with van der Waals surface area (Å²) in [5.74, 6) is 0.669. The molecule has 0 bridgehead atoms. The number of hydrogen-bond acceptors (Lipinski definition) is 5. The molecule has 1 aliphatic rings. The van der Waals surface area contributed by atoms with Crippen molar-refractivity contribution in [3.8, 4) is 33.8 Å². The van der Waals surface area contributed by atoms with Gasteiger partial charge in [-0.25, -0.2) is 9.97 Å². The third-order valence-electron chi connectivity index (χ3n) is 9.81. The average molecular weight is 644 g/mol. The molecule has 0 saturated carbocycles. The second kappa shape index (κ2) is 10.1. The first-order chi connectivity index (χ1) is 24.3. The maximum Gasteiger partial charge on any atom is 0.180 e. The van der Waals surface area contributed by atoms with Crippen LogP contribution in [0.15, 0.2) is 156 Å². The van der Waals surface area contributed by atoms with Gasteiger partial charge in [0.1, 0.15) is 16.8 Å². The molecule has 0 N–H and O–H groups in total. The van der Waals surface area contributed by atoms with Crippen molar-refractivity contribution in [1.29, 1.82) is 0 Å².